The number of aromatic nitrogens is 3. The fourth-order valence-electron chi connectivity index (χ4n) is 2.46. The highest BCUT2D eigenvalue weighted by Crippen LogP contribution is 2.25. The van der Waals surface area contributed by atoms with Crippen LogP contribution in [-0.2, 0) is 11.3 Å². The Kier molecular flexibility index (Phi) is 3.93. The first-order valence-corrected chi connectivity index (χ1v) is 7.09. The van der Waals surface area contributed by atoms with Gasteiger partial charge in [0, 0.05) is 17.2 Å². The van der Waals surface area contributed by atoms with Gasteiger partial charge in [-0.05, 0) is 31.0 Å². The zero-order valence-corrected chi connectivity index (χ0v) is 12.1. The third kappa shape index (κ3) is 3.23. The number of nitrogens with zero attached hydrogens (tertiary/aromatic N) is 3. The minimum atomic E-state index is -0.943. The van der Waals surface area contributed by atoms with Gasteiger partial charge in [0.15, 0.2) is 0 Å². The van der Waals surface area contributed by atoms with Gasteiger partial charge < -0.3 is 9.84 Å². The molecule has 1 N–H and O–H groups in total. The molecule has 0 aliphatic carbocycles. The van der Waals surface area contributed by atoms with Crippen LogP contribution in [0, 0.1) is 5.82 Å². The van der Waals surface area contributed by atoms with Gasteiger partial charge in [-0.1, -0.05) is 16.8 Å². The van der Waals surface area contributed by atoms with Crippen molar-refractivity contribution in [1.82, 2.24) is 15.0 Å². The summed E-state index contributed by atoms with van der Waals surface area (Å²) in [6, 6.07) is 4.39. The van der Waals surface area contributed by atoms with Crippen LogP contribution in [0.3, 0.4) is 0 Å². The van der Waals surface area contributed by atoms with Crippen molar-refractivity contribution in [2.24, 2.45) is 0 Å². The summed E-state index contributed by atoms with van der Waals surface area (Å²) in [6.07, 6.45) is 3.07. The lowest BCUT2D eigenvalue weighted by atomic mass is 9.97. The Morgan fingerprint density at radius 2 is 2.33 bits per heavy atom. The van der Waals surface area contributed by atoms with E-state index in [9.17, 15) is 9.50 Å². The van der Waals surface area contributed by atoms with Crippen molar-refractivity contribution in [1.29, 1.82) is 0 Å². The minimum absolute atomic E-state index is 0.273. The molecule has 0 saturated carbocycles. The number of halogens is 2. The van der Waals surface area contributed by atoms with Crippen molar-refractivity contribution < 1.29 is 14.2 Å². The van der Waals surface area contributed by atoms with E-state index in [4.69, 9.17) is 16.3 Å². The largest absolute Gasteiger partial charge is 0.386 e. The summed E-state index contributed by atoms with van der Waals surface area (Å²) in [5, 5.41) is 18.6. The second kappa shape index (κ2) is 5.71. The first kappa shape index (κ1) is 14.4. The van der Waals surface area contributed by atoms with Crippen LogP contribution in [0.4, 0.5) is 4.39 Å². The summed E-state index contributed by atoms with van der Waals surface area (Å²) in [6.45, 7) is 1.22. The molecule has 5 nitrogen and oxygen atoms in total. The van der Waals surface area contributed by atoms with E-state index in [1.54, 1.807) is 18.3 Å². The number of benzene rings is 1. The molecule has 1 aliphatic heterocycles. The van der Waals surface area contributed by atoms with Crippen LogP contribution in [0.25, 0.3) is 11.3 Å². The molecule has 1 saturated heterocycles. The van der Waals surface area contributed by atoms with Crippen LogP contribution < -0.4 is 0 Å². The number of ether oxygens (including phenoxy) is 1. The van der Waals surface area contributed by atoms with E-state index in [-0.39, 0.29) is 13.2 Å². The van der Waals surface area contributed by atoms with Gasteiger partial charge in [0.1, 0.15) is 17.1 Å². The van der Waals surface area contributed by atoms with Crippen LogP contribution in [0.2, 0.25) is 5.02 Å². The highest BCUT2D eigenvalue weighted by atomic mass is 35.5. The van der Waals surface area contributed by atoms with Crippen LogP contribution in [-0.4, -0.2) is 38.9 Å². The molecule has 1 fully saturated rings. The molecule has 1 atom stereocenters. The first-order valence-electron chi connectivity index (χ1n) is 6.71. The van der Waals surface area contributed by atoms with Crippen molar-refractivity contribution in [2.45, 2.75) is 25.0 Å². The van der Waals surface area contributed by atoms with Gasteiger partial charge in [0.2, 0.25) is 0 Å². The van der Waals surface area contributed by atoms with Crippen LogP contribution in [0.1, 0.15) is 12.8 Å². The number of rotatable bonds is 3. The summed E-state index contributed by atoms with van der Waals surface area (Å²) in [4.78, 5) is 0. The average molecular weight is 312 g/mol. The van der Waals surface area contributed by atoms with Crippen molar-refractivity contribution >= 4 is 11.6 Å². The molecule has 21 heavy (non-hydrogen) atoms. The molecule has 2 aromatic rings. The lowest BCUT2D eigenvalue weighted by Crippen LogP contribution is -2.42. The Hall–Kier alpha value is -1.50. The van der Waals surface area contributed by atoms with Gasteiger partial charge in [-0.3, -0.25) is 0 Å². The minimum Gasteiger partial charge on any atom is -0.386 e. The maximum atomic E-state index is 13.8. The van der Waals surface area contributed by atoms with Gasteiger partial charge in [-0.25, -0.2) is 9.07 Å². The Morgan fingerprint density at radius 3 is 3.05 bits per heavy atom. The number of hydrogen-bond acceptors (Lipinski definition) is 4. The normalized spacial score (nSPS) is 22.4. The summed E-state index contributed by atoms with van der Waals surface area (Å²) in [5.74, 6) is -0.450. The van der Waals surface area contributed by atoms with E-state index in [1.165, 1.54) is 10.7 Å². The molecule has 0 amide bonds. The average Bonchev–Trinajstić information content (AvgIpc) is 2.87. The highest BCUT2D eigenvalue weighted by Gasteiger charge is 2.31. The van der Waals surface area contributed by atoms with Gasteiger partial charge in [-0.2, -0.15) is 0 Å². The van der Waals surface area contributed by atoms with Crippen molar-refractivity contribution in [3.63, 3.8) is 0 Å². The van der Waals surface area contributed by atoms with E-state index >= 15 is 0 Å². The third-order valence-corrected chi connectivity index (χ3v) is 3.74. The quantitative estimate of drug-likeness (QED) is 0.944. The summed E-state index contributed by atoms with van der Waals surface area (Å²) >= 11 is 5.73. The highest BCUT2D eigenvalue weighted by molar-refractivity contribution is 6.30. The molecule has 0 bridgehead atoms. The number of hydrogen-bond donors (Lipinski definition) is 1. The molecule has 0 spiro atoms. The molecule has 2 heterocycles. The zero-order valence-electron chi connectivity index (χ0n) is 11.3. The zero-order chi connectivity index (χ0) is 14.9. The predicted molar refractivity (Wildman–Crippen MR) is 75.4 cm³/mol. The molecule has 1 aliphatic rings. The standard InChI is InChI=1S/C14H15ClFN3O2/c15-10-2-3-11(12(16)6-10)13-7-19(18-17-13)8-14(20)4-1-5-21-9-14/h2-3,6-7,20H,1,4-5,8-9H2. The van der Waals surface area contributed by atoms with Gasteiger partial charge in [0.25, 0.3) is 0 Å². The lowest BCUT2D eigenvalue weighted by molar-refractivity contribution is -0.0960. The summed E-state index contributed by atoms with van der Waals surface area (Å²) in [7, 11) is 0. The van der Waals surface area contributed by atoms with Crippen LogP contribution in [0.15, 0.2) is 24.4 Å². The van der Waals surface area contributed by atoms with E-state index in [0.29, 0.717) is 29.3 Å². The van der Waals surface area contributed by atoms with E-state index in [0.717, 1.165) is 6.42 Å². The molecule has 0 radical (unpaired) electrons. The Labute approximate surface area is 126 Å². The Balaban J connectivity index is 1.80. The van der Waals surface area contributed by atoms with Crippen molar-refractivity contribution in [3.8, 4) is 11.3 Å². The van der Waals surface area contributed by atoms with Gasteiger partial charge in [0.05, 0.1) is 19.3 Å². The molecule has 1 unspecified atom stereocenters. The third-order valence-electron chi connectivity index (χ3n) is 3.50. The van der Waals surface area contributed by atoms with Crippen molar-refractivity contribution in [3.05, 3.63) is 35.2 Å². The van der Waals surface area contributed by atoms with E-state index < -0.39 is 11.4 Å². The number of aliphatic hydroxyl groups is 1. The van der Waals surface area contributed by atoms with Crippen LogP contribution >= 0.6 is 11.6 Å². The SMILES string of the molecule is OC1(Cn2cc(-c3ccc(Cl)cc3F)nn2)CCCOC1. The molecule has 7 heteroatoms. The van der Waals surface area contributed by atoms with E-state index in [1.807, 2.05) is 0 Å². The molecule has 3 rings (SSSR count). The molecular weight excluding hydrogens is 297 g/mol. The summed E-state index contributed by atoms with van der Waals surface area (Å²) in [5.41, 5.74) is -0.205. The Morgan fingerprint density at radius 1 is 1.48 bits per heavy atom. The fraction of sp³-hybridized carbons (Fsp3) is 0.429. The predicted octanol–water partition coefficient (Wildman–Crippen LogP) is 2.28. The molecule has 1 aromatic heterocycles. The second-order valence-corrected chi connectivity index (χ2v) is 5.74. The van der Waals surface area contributed by atoms with E-state index in [2.05, 4.69) is 10.3 Å². The maximum Gasteiger partial charge on any atom is 0.134 e. The lowest BCUT2D eigenvalue weighted by Gasteiger charge is -2.31. The molecule has 112 valence electrons. The maximum absolute atomic E-state index is 13.8. The monoisotopic (exact) mass is 311 g/mol. The first-order chi connectivity index (χ1) is 10.1. The summed E-state index contributed by atoms with van der Waals surface area (Å²) < 4.78 is 20.7. The topological polar surface area (TPSA) is 60.2 Å². The van der Waals surface area contributed by atoms with Crippen molar-refractivity contribution in [2.75, 3.05) is 13.2 Å². The second-order valence-electron chi connectivity index (χ2n) is 5.31. The molecule has 1 aromatic carbocycles. The van der Waals surface area contributed by atoms with Gasteiger partial charge >= 0.3 is 0 Å². The van der Waals surface area contributed by atoms with Crippen LogP contribution in [0.5, 0.6) is 0 Å². The fourth-order valence-corrected chi connectivity index (χ4v) is 2.62. The Bertz CT molecular complexity index is 641. The smallest absolute Gasteiger partial charge is 0.134 e. The van der Waals surface area contributed by atoms with Gasteiger partial charge in [-0.15, -0.1) is 5.10 Å². The molecular formula is C14H15ClFN3O2.